The second-order valence-corrected chi connectivity index (χ2v) is 8.50. The van der Waals surface area contributed by atoms with E-state index in [-0.39, 0.29) is 24.9 Å². The maximum absolute atomic E-state index is 12.1. The first kappa shape index (κ1) is 19.1. The maximum atomic E-state index is 12.1. The average Bonchev–Trinajstić information content (AvgIpc) is 3.36. The van der Waals surface area contributed by atoms with Gasteiger partial charge in [0.2, 0.25) is 17.2 Å². The molecule has 0 unspecified atom stereocenters. The Morgan fingerprint density at radius 2 is 1.76 bits per heavy atom. The first-order valence-electron chi connectivity index (χ1n) is 9.60. The van der Waals surface area contributed by atoms with Crippen molar-refractivity contribution in [3.8, 4) is 11.5 Å². The molecular weight excluding hydrogens is 380 g/mol. The zero-order valence-electron chi connectivity index (χ0n) is 16.7. The number of ether oxygens (including phenoxy) is 5. The van der Waals surface area contributed by atoms with Crippen molar-refractivity contribution in [2.75, 3.05) is 13.2 Å². The number of aliphatic hydroxyl groups is 1. The zero-order valence-corrected chi connectivity index (χ0v) is 16.7. The molecule has 3 saturated heterocycles. The minimum absolute atomic E-state index is 0.00588. The van der Waals surface area contributed by atoms with Gasteiger partial charge in [-0.05, 0) is 39.8 Å². The van der Waals surface area contributed by atoms with Crippen molar-refractivity contribution in [2.24, 2.45) is 0 Å². The Morgan fingerprint density at radius 1 is 1.00 bits per heavy atom. The molecule has 0 radical (unpaired) electrons. The van der Waals surface area contributed by atoms with Gasteiger partial charge in [0.15, 0.2) is 11.6 Å². The monoisotopic (exact) mass is 404 g/mol. The molecule has 3 aliphatic rings. The van der Waals surface area contributed by atoms with E-state index >= 15 is 0 Å². The molecule has 1 spiro atoms. The summed E-state index contributed by atoms with van der Waals surface area (Å²) in [5, 5.41) is 16.1. The second kappa shape index (κ2) is 6.07. The highest BCUT2D eigenvalue weighted by molar-refractivity contribution is 5.52. The minimum atomic E-state index is -1.92. The van der Waals surface area contributed by atoms with Gasteiger partial charge in [-0.15, -0.1) is 0 Å². The predicted molar refractivity (Wildman–Crippen MR) is 97.3 cm³/mol. The van der Waals surface area contributed by atoms with Crippen molar-refractivity contribution in [1.29, 1.82) is 0 Å². The van der Waals surface area contributed by atoms with Gasteiger partial charge in [0.1, 0.15) is 18.8 Å². The van der Waals surface area contributed by atoms with Crippen molar-refractivity contribution in [3.05, 3.63) is 36.2 Å². The summed E-state index contributed by atoms with van der Waals surface area (Å²) in [4.78, 5) is 4.47. The zero-order chi connectivity index (χ0) is 20.5. The highest BCUT2D eigenvalue weighted by atomic mass is 16.9. The lowest BCUT2D eigenvalue weighted by Crippen LogP contribution is -2.69. The topological polar surface area (TPSA) is 105 Å². The van der Waals surface area contributed by atoms with E-state index in [1.54, 1.807) is 27.7 Å². The molecule has 4 atom stereocenters. The van der Waals surface area contributed by atoms with Crippen LogP contribution in [0.15, 0.2) is 34.9 Å². The largest absolute Gasteiger partial charge is 0.374 e. The summed E-state index contributed by atoms with van der Waals surface area (Å²) in [6, 6.07) is 9.30. The third-order valence-corrected chi connectivity index (χ3v) is 5.46. The molecule has 1 aromatic heterocycles. The van der Waals surface area contributed by atoms with Gasteiger partial charge in [0.05, 0.1) is 6.61 Å². The third-order valence-electron chi connectivity index (χ3n) is 5.46. The summed E-state index contributed by atoms with van der Waals surface area (Å²) in [6.45, 7) is 7.19. The van der Waals surface area contributed by atoms with Crippen LogP contribution in [0.4, 0.5) is 0 Å². The van der Waals surface area contributed by atoms with Gasteiger partial charge in [-0.3, -0.25) is 0 Å². The molecule has 29 heavy (non-hydrogen) atoms. The van der Waals surface area contributed by atoms with E-state index in [2.05, 4.69) is 10.1 Å². The van der Waals surface area contributed by atoms with Crippen molar-refractivity contribution < 1.29 is 33.3 Å². The van der Waals surface area contributed by atoms with E-state index in [1.165, 1.54) is 0 Å². The molecule has 5 rings (SSSR count). The number of hydrogen-bond donors (Lipinski definition) is 1. The fourth-order valence-electron chi connectivity index (χ4n) is 4.21. The number of rotatable bonds is 2. The Hall–Kier alpha value is -1.88. The Labute approximate surface area is 167 Å². The van der Waals surface area contributed by atoms with Crippen LogP contribution >= 0.6 is 0 Å². The number of aromatic nitrogens is 2. The van der Waals surface area contributed by atoms with Crippen LogP contribution in [0.25, 0.3) is 11.5 Å². The molecule has 1 N–H and O–H groups in total. The fraction of sp³-hybridized carbons (Fsp3) is 0.600. The average molecular weight is 404 g/mol. The van der Waals surface area contributed by atoms with Gasteiger partial charge in [-0.1, -0.05) is 23.4 Å². The van der Waals surface area contributed by atoms with Crippen molar-refractivity contribution >= 4 is 0 Å². The summed E-state index contributed by atoms with van der Waals surface area (Å²) in [6.07, 6.45) is -1.38. The van der Waals surface area contributed by atoms with Gasteiger partial charge in [-0.2, -0.15) is 4.98 Å². The molecule has 4 heterocycles. The number of benzene rings is 1. The highest BCUT2D eigenvalue weighted by Gasteiger charge is 2.73. The van der Waals surface area contributed by atoms with Gasteiger partial charge in [0.25, 0.3) is 5.89 Å². The maximum Gasteiger partial charge on any atom is 0.258 e. The third kappa shape index (κ3) is 2.84. The molecule has 1 aromatic carbocycles. The summed E-state index contributed by atoms with van der Waals surface area (Å²) >= 11 is 0. The van der Waals surface area contributed by atoms with E-state index in [0.717, 1.165) is 5.56 Å². The number of nitrogens with zero attached hydrogens (tertiary/aromatic N) is 2. The molecule has 0 aliphatic carbocycles. The van der Waals surface area contributed by atoms with E-state index in [0.29, 0.717) is 0 Å². The molecule has 9 nitrogen and oxygen atoms in total. The van der Waals surface area contributed by atoms with Gasteiger partial charge in [-0.25, -0.2) is 0 Å². The van der Waals surface area contributed by atoms with Crippen LogP contribution in [0.2, 0.25) is 0 Å². The summed E-state index contributed by atoms with van der Waals surface area (Å²) < 4.78 is 35.3. The van der Waals surface area contributed by atoms with E-state index < -0.39 is 35.2 Å². The SMILES string of the molecule is CC1(C)O[C@@H]2[C@@H](CO[C@]3(COC(C)(C)O3)[C@@]2(O)c2noc(-c3ccccc3)n2)O1. The number of hydrogen-bond acceptors (Lipinski definition) is 9. The van der Waals surface area contributed by atoms with Crippen LogP contribution in [0, 0.1) is 0 Å². The lowest BCUT2D eigenvalue weighted by molar-refractivity contribution is -0.374. The summed E-state index contributed by atoms with van der Waals surface area (Å²) in [7, 11) is 0. The van der Waals surface area contributed by atoms with E-state index in [4.69, 9.17) is 28.2 Å². The van der Waals surface area contributed by atoms with E-state index in [9.17, 15) is 5.11 Å². The van der Waals surface area contributed by atoms with Gasteiger partial charge in [0, 0.05) is 5.56 Å². The molecular formula is C20H24N2O7. The summed E-state index contributed by atoms with van der Waals surface area (Å²) in [5.41, 5.74) is -1.20. The smallest absolute Gasteiger partial charge is 0.258 e. The van der Waals surface area contributed by atoms with Crippen molar-refractivity contribution in [3.63, 3.8) is 0 Å². The molecule has 3 fully saturated rings. The van der Waals surface area contributed by atoms with Crippen LogP contribution in [0.5, 0.6) is 0 Å². The molecule has 0 bridgehead atoms. The van der Waals surface area contributed by atoms with Crippen LogP contribution in [-0.4, -0.2) is 58.0 Å². The molecule has 2 aromatic rings. The lowest BCUT2D eigenvalue weighted by atomic mass is 9.81. The molecule has 0 amide bonds. The fourth-order valence-corrected chi connectivity index (χ4v) is 4.21. The van der Waals surface area contributed by atoms with Crippen LogP contribution in [-0.2, 0) is 29.3 Å². The standard InChI is InChI=1S/C20H24N2O7/c1-17(2)25-11-19(29-17)20(23,14-13(10-24-19)26-18(3,4)27-14)16-21-15(28-22-16)12-8-6-5-7-9-12/h5-9,13-14,23H,10-11H2,1-4H3/t13-,14-,19+,20+/m1/s1. The Kier molecular flexibility index (Phi) is 4.00. The minimum Gasteiger partial charge on any atom is -0.374 e. The Bertz CT molecular complexity index is 913. The molecule has 3 aliphatic heterocycles. The second-order valence-electron chi connectivity index (χ2n) is 8.50. The summed E-state index contributed by atoms with van der Waals surface area (Å²) in [5.74, 6) is -3.20. The van der Waals surface area contributed by atoms with Crippen LogP contribution < -0.4 is 0 Å². The normalized spacial score (nSPS) is 37.7. The first-order valence-corrected chi connectivity index (χ1v) is 9.60. The molecule has 156 valence electrons. The Morgan fingerprint density at radius 3 is 2.45 bits per heavy atom. The van der Waals surface area contributed by atoms with Crippen LogP contribution in [0.3, 0.4) is 0 Å². The molecule has 0 saturated carbocycles. The number of fused-ring (bicyclic) bond motifs is 1. The van der Waals surface area contributed by atoms with Gasteiger partial charge < -0.3 is 33.3 Å². The highest BCUT2D eigenvalue weighted by Crippen LogP contribution is 2.53. The van der Waals surface area contributed by atoms with Crippen molar-refractivity contribution in [1.82, 2.24) is 10.1 Å². The Balaban J connectivity index is 1.62. The molecule has 9 heteroatoms. The lowest BCUT2D eigenvalue weighted by Gasteiger charge is -2.48. The van der Waals surface area contributed by atoms with Crippen LogP contribution in [0.1, 0.15) is 33.5 Å². The van der Waals surface area contributed by atoms with E-state index in [1.807, 2.05) is 30.3 Å². The van der Waals surface area contributed by atoms with Gasteiger partial charge >= 0.3 is 0 Å². The first-order chi connectivity index (χ1) is 13.6. The van der Waals surface area contributed by atoms with Crippen molar-refractivity contribution in [2.45, 2.75) is 62.9 Å². The quantitative estimate of drug-likeness (QED) is 0.804. The predicted octanol–water partition coefficient (Wildman–Crippen LogP) is 1.95.